The van der Waals surface area contributed by atoms with Gasteiger partial charge in [0.2, 0.25) is 5.91 Å². The van der Waals surface area contributed by atoms with E-state index in [1.807, 2.05) is 78.7 Å². The van der Waals surface area contributed by atoms with Crippen LogP contribution in [-0.4, -0.2) is 77.1 Å². The number of hydrogen-bond acceptors (Lipinski definition) is 7. The normalized spacial score (nSPS) is 16.8. The lowest BCUT2D eigenvalue weighted by Crippen LogP contribution is -2.41. The van der Waals surface area contributed by atoms with Crippen molar-refractivity contribution in [2.45, 2.75) is 44.9 Å². The predicted molar refractivity (Wildman–Crippen MR) is 191 cm³/mol. The van der Waals surface area contributed by atoms with Crippen LogP contribution in [0, 0.1) is 6.92 Å². The second-order valence-electron chi connectivity index (χ2n) is 13.0. The van der Waals surface area contributed by atoms with Crippen LogP contribution in [0.1, 0.15) is 52.0 Å². The number of halogens is 3. The number of alkyl halides is 3. The zero-order valence-corrected chi connectivity index (χ0v) is 28.7. The zero-order valence-electron chi connectivity index (χ0n) is 28.7. The number of likely N-dealkylation sites (N-methyl/N-ethyl adjacent to an activating group) is 1. The number of ether oxygens (including phenoxy) is 1. The lowest BCUT2D eigenvalue weighted by molar-refractivity contribution is -0.138. The van der Waals surface area contributed by atoms with Crippen molar-refractivity contribution in [3.63, 3.8) is 0 Å². The van der Waals surface area contributed by atoms with E-state index in [0.717, 1.165) is 42.3 Å². The second-order valence-corrected chi connectivity index (χ2v) is 13.0. The predicted octanol–water partition coefficient (Wildman–Crippen LogP) is 6.36. The van der Waals surface area contributed by atoms with Gasteiger partial charge in [-0.15, -0.1) is 5.10 Å². The standard InChI is InChI=1S/C39H40F3N7O2/c1-26-29(15-9-16-30(26)39(40,41)42)23-34-32(25-43-38(50)33-17-10-18-47(33)2)45-37-31(24-35(46-49(34)37)48-19-21-51-22-20-48)44-36(27-11-5-3-6-12-27)28-13-7-4-8-14-28/h3-9,11-16,24,33H,10,17-23,25H2,1-2H3,(H,43,50)/t33-/m0/s1. The fourth-order valence-electron chi connectivity index (χ4n) is 6.93. The van der Waals surface area contributed by atoms with Crippen molar-refractivity contribution < 1.29 is 22.7 Å². The molecule has 0 spiro atoms. The Bertz CT molecular complexity index is 2000. The van der Waals surface area contributed by atoms with Crippen LogP contribution < -0.4 is 10.2 Å². The molecular weight excluding hydrogens is 655 g/mol. The van der Waals surface area contributed by atoms with Gasteiger partial charge in [-0.1, -0.05) is 72.8 Å². The van der Waals surface area contributed by atoms with Crippen molar-refractivity contribution in [1.29, 1.82) is 0 Å². The molecule has 0 saturated carbocycles. The number of amides is 1. The first-order chi connectivity index (χ1) is 24.7. The number of aliphatic imine (C=N–C) groups is 1. The SMILES string of the molecule is Cc1c(Cc2c(CNC(=O)[C@@H]3CCCN3C)nc3c(N=C(c4ccccc4)c4ccccc4)cc(N4CCOCC4)nn23)cccc1C(F)(F)F. The van der Waals surface area contributed by atoms with E-state index in [2.05, 4.69) is 10.2 Å². The Balaban J connectivity index is 1.42. The molecule has 9 nitrogen and oxygen atoms in total. The van der Waals surface area contributed by atoms with E-state index in [1.54, 1.807) is 10.6 Å². The van der Waals surface area contributed by atoms with E-state index in [-0.39, 0.29) is 30.5 Å². The minimum Gasteiger partial charge on any atom is -0.378 e. The first-order valence-corrected chi connectivity index (χ1v) is 17.2. The highest BCUT2D eigenvalue weighted by molar-refractivity contribution is 6.14. The van der Waals surface area contributed by atoms with E-state index < -0.39 is 11.7 Å². The van der Waals surface area contributed by atoms with Gasteiger partial charge in [0, 0.05) is 36.7 Å². The fraction of sp³-hybridized carbons (Fsp3) is 0.333. The van der Waals surface area contributed by atoms with Crippen molar-refractivity contribution in [3.8, 4) is 0 Å². The average molecular weight is 696 g/mol. The molecule has 51 heavy (non-hydrogen) atoms. The molecule has 0 aliphatic carbocycles. The topological polar surface area (TPSA) is 87.4 Å². The van der Waals surface area contributed by atoms with E-state index in [1.165, 1.54) is 13.0 Å². The van der Waals surface area contributed by atoms with Gasteiger partial charge in [0.15, 0.2) is 11.5 Å². The second kappa shape index (κ2) is 14.7. The molecule has 2 aliphatic rings. The van der Waals surface area contributed by atoms with Gasteiger partial charge in [0.1, 0.15) is 5.69 Å². The molecule has 2 saturated heterocycles. The van der Waals surface area contributed by atoms with Crippen LogP contribution in [0.2, 0.25) is 0 Å². The number of nitrogens with zero attached hydrogens (tertiary/aromatic N) is 6. The molecule has 5 aromatic rings. The number of fused-ring (bicyclic) bond motifs is 1. The largest absolute Gasteiger partial charge is 0.416 e. The average Bonchev–Trinajstić information content (AvgIpc) is 3.73. The smallest absolute Gasteiger partial charge is 0.378 e. The molecule has 4 heterocycles. The summed E-state index contributed by atoms with van der Waals surface area (Å²) in [5, 5.41) is 8.13. The van der Waals surface area contributed by atoms with Crippen molar-refractivity contribution in [2.24, 2.45) is 4.99 Å². The summed E-state index contributed by atoms with van der Waals surface area (Å²) in [6.07, 6.45) is -2.70. The third kappa shape index (κ3) is 7.38. The van der Waals surface area contributed by atoms with Gasteiger partial charge in [-0.25, -0.2) is 14.5 Å². The summed E-state index contributed by atoms with van der Waals surface area (Å²) < 4.78 is 49.4. The molecule has 2 aromatic heterocycles. The minimum atomic E-state index is -4.50. The number of rotatable bonds is 9. The molecule has 3 aromatic carbocycles. The number of carbonyl (C=O) groups excluding carboxylic acids is 1. The zero-order chi connectivity index (χ0) is 35.5. The lowest BCUT2D eigenvalue weighted by Gasteiger charge is -2.28. The first kappa shape index (κ1) is 34.4. The van der Waals surface area contributed by atoms with Crippen LogP contribution in [0.3, 0.4) is 0 Å². The third-order valence-electron chi connectivity index (χ3n) is 9.75. The highest BCUT2D eigenvalue weighted by atomic mass is 19.4. The molecule has 2 fully saturated rings. The Kier molecular flexibility index (Phi) is 9.88. The number of morpholine rings is 1. The molecule has 2 aliphatic heterocycles. The van der Waals surface area contributed by atoms with Gasteiger partial charge < -0.3 is 15.0 Å². The molecule has 0 radical (unpaired) electrons. The van der Waals surface area contributed by atoms with Crippen LogP contribution in [0.15, 0.2) is 89.9 Å². The Morgan fingerprint density at radius 3 is 2.27 bits per heavy atom. The third-order valence-corrected chi connectivity index (χ3v) is 9.75. The molecule has 12 heteroatoms. The summed E-state index contributed by atoms with van der Waals surface area (Å²) in [5.74, 6) is 0.538. The molecule has 1 N–H and O–H groups in total. The summed E-state index contributed by atoms with van der Waals surface area (Å²) in [4.78, 5) is 27.8. The number of carbonyl (C=O) groups is 1. The van der Waals surface area contributed by atoms with Crippen molar-refractivity contribution in [2.75, 3.05) is 44.8 Å². The first-order valence-electron chi connectivity index (χ1n) is 17.2. The summed E-state index contributed by atoms with van der Waals surface area (Å²) in [7, 11) is 1.93. The van der Waals surface area contributed by atoms with Crippen molar-refractivity contribution in [3.05, 3.63) is 124 Å². The lowest BCUT2D eigenvalue weighted by atomic mass is 9.98. The Morgan fingerprint density at radius 2 is 1.65 bits per heavy atom. The maximum absolute atomic E-state index is 14.0. The fourth-order valence-corrected chi connectivity index (χ4v) is 6.93. The Morgan fingerprint density at radius 1 is 0.961 bits per heavy atom. The number of aromatic nitrogens is 3. The number of anilines is 1. The van der Waals surface area contributed by atoms with E-state index >= 15 is 0 Å². The Labute approximate surface area is 294 Å². The highest BCUT2D eigenvalue weighted by Crippen LogP contribution is 2.35. The van der Waals surface area contributed by atoms with Crippen LogP contribution >= 0.6 is 0 Å². The van der Waals surface area contributed by atoms with Crippen molar-refractivity contribution >= 4 is 28.8 Å². The summed E-state index contributed by atoms with van der Waals surface area (Å²) in [6.45, 7) is 4.71. The number of benzene rings is 3. The minimum absolute atomic E-state index is 0.0835. The number of nitrogens with one attached hydrogen (secondary N) is 1. The molecular formula is C39H40F3N7O2. The summed E-state index contributed by atoms with van der Waals surface area (Å²) in [5.41, 5.74) is 4.59. The van der Waals surface area contributed by atoms with Crippen LogP contribution in [0.4, 0.5) is 24.7 Å². The van der Waals surface area contributed by atoms with Gasteiger partial charge in [0.25, 0.3) is 0 Å². The van der Waals surface area contributed by atoms with Gasteiger partial charge in [-0.2, -0.15) is 13.2 Å². The number of imidazole rings is 1. The summed E-state index contributed by atoms with van der Waals surface area (Å²) >= 11 is 0. The van der Waals surface area contributed by atoms with E-state index in [4.69, 9.17) is 19.8 Å². The maximum atomic E-state index is 14.0. The molecule has 1 amide bonds. The van der Waals surface area contributed by atoms with Crippen LogP contribution in [0.5, 0.6) is 0 Å². The van der Waals surface area contributed by atoms with Gasteiger partial charge in [-0.3, -0.25) is 9.69 Å². The number of likely N-dealkylation sites (tertiary alicyclic amines) is 1. The molecule has 264 valence electrons. The highest BCUT2D eigenvalue weighted by Gasteiger charge is 2.33. The molecule has 7 rings (SSSR count). The van der Waals surface area contributed by atoms with Gasteiger partial charge >= 0.3 is 6.18 Å². The van der Waals surface area contributed by atoms with Crippen molar-refractivity contribution in [1.82, 2.24) is 24.8 Å². The monoisotopic (exact) mass is 695 g/mol. The quantitative estimate of drug-likeness (QED) is 0.181. The molecule has 0 unspecified atom stereocenters. The van der Waals surface area contributed by atoms with Crippen LogP contribution in [-0.2, 0) is 28.7 Å². The van der Waals surface area contributed by atoms with Crippen LogP contribution in [0.25, 0.3) is 5.65 Å². The van der Waals surface area contributed by atoms with Gasteiger partial charge in [-0.05, 0) is 50.6 Å². The molecule has 0 bridgehead atoms. The number of hydrogen-bond donors (Lipinski definition) is 1. The summed E-state index contributed by atoms with van der Waals surface area (Å²) in [6, 6.07) is 25.7. The van der Waals surface area contributed by atoms with E-state index in [0.29, 0.717) is 60.4 Å². The molecule has 1 atom stereocenters. The maximum Gasteiger partial charge on any atom is 0.416 e. The Hall–Kier alpha value is -5.07. The van der Waals surface area contributed by atoms with E-state index in [9.17, 15) is 18.0 Å². The van der Waals surface area contributed by atoms with Gasteiger partial charge in [0.05, 0.1) is 48.5 Å².